The van der Waals surface area contributed by atoms with Crippen molar-refractivity contribution >= 4 is 17.5 Å². The zero-order valence-corrected chi connectivity index (χ0v) is 13.9. The molecule has 25 heavy (non-hydrogen) atoms. The quantitative estimate of drug-likeness (QED) is 0.812. The third kappa shape index (κ3) is 5.36. The van der Waals surface area contributed by atoms with Crippen molar-refractivity contribution in [2.75, 3.05) is 18.5 Å². The minimum Gasteiger partial charge on any atom is -0.493 e. The number of carbonyl (C=O) groups excluding carboxylic acids is 2. The van der Waals surface area contributed by atoms with Gasteiger partial charge >= 0.3 is 0 Å². The summed E-state index contributed by atoms with van der Waals surface area (Å²) >= 11 is 0. The van der Waals surface area contributed by atoms with Crippen molar-refractivity contribution in [3.05, 3.63) is 59.7 Å². The molecule has 0 aliphatic carbocycles. The maximum Gasteiger partial charge on any atom is 0.255 e. The Bertz CT molecular complexity index is 779. The van der Waals surface area contributed by atoms with E-state index in [0.717, 1.165) is 5.56 Å². The van der Waals surface area contributed by atoms with Crippen molar-refractivity contribution in [2.45, 2.75) is 13.3 Å². The SMILES string of the molecule is CCOc1ccccc1C(=O)NCC(=O)Nc1ccc(CC#N)cc1. The number of ether oxygens (including phenoxy) is 1. The lowest BCUT2D eigenvalue weighted by molar-refractivity contribution is -0.115. The predicted molar refractivity (Wildman–Crippen MR) is 94.3 cm³/mol. The summed E-state index contributed by atoms with van der Waals surface area (Å²) in [6.45, 7) is 2.13. The van der Waals surface area contributed by atoms with Gasteiger partial charge < -0.3 is 15.4 Å². The van der Waals surface area contributed by atoms with Crippen molar-refractivity contribution in [3.63, 3.8) is 0 Å². The molecule has 0 atom stereocenters. The van der Waals surface area contributed by atoms with Crippen LogP contribution in [-0.4, -0.2) is 25.0 Å². The number of nitriles is 1. The summed E-state index contributed by atoms with van der Waals surface area (Å²) in [4.78, 5) is 24.2. The van der Waals surface area contributed by atoms with Crippen molar-refractivity contribution in [3.8, 4) is 11.8 Å². The van der Waals surface area contributed by atoms with Gasteiger partial charge in [-0.3, -0.25) is 9.59 Å². The van der Waals surface area contributed by atoms with Crippen LogP contribution in [0.5, 0.6) is 5.75 Å². The summed E-state index contributed by atoms with van der Waals surface area (Å²) in [6, 6.07) is 15.9. The molecule has 128 valence electrons. The lowest BCUT2D eigenvalue weighted by Crippen LogP contribution is -2.33. The Labute approximate surface area is 146 Å². The van der Waals surface area contributed by atoms with Crippen LogP contribution < -0.4 is 15.4 Å². The Morgan fingerprint density at radius 2 is 1.84 bits per heavy atom. The average molecular weight is 337 g/mol. The van der Waals surface area contributed by atoms with Crippen molar-refractivity contribution in [2.24, 2.45) is 0 Å². The first-order valence-electron chi connectivity index (χ1n) is 7.89. The van der Waals surface area contributed by atoms with E-state index in [9.17, 15) is 9.59 Å². The first-order valence-corrected chi connectivity index (χ1v) is 7.89. The number of anilines is 1. The molecule has 0 heterocycles. The molecule has 2 amide bonds. The van der Waals surface area contributed by atoms with Crippen LogP contribution in [0.4, 0.5) is 5.69 Å². The van der Waals surface area contributed by atoms with Crippen LogP contribution in [0.25, 0.3) is 0 Å². The minimum atomic E-state index is -0.372. The summed E-state index contributed by atoms with van der Waals surface area (Å²) in [6.07, 6.45) is 0.323. The Morgan fingerprint density at radius 3 is 2.52 bits per heavy atom. The third-order valence-electron chi connectivity index (χ3n) is 3.36. The summed E-state index contributed by atoms with van der Waals surface area (Å²) in [5, 5.41) is 13.9. The van der Waals surface area contributed by atoms with E-state index in [4.69, 9.17) is 10.00 Å². The molecule has 2 aromatic carbocycles. The molecule has 0 saturated heterocycles. The summed E-state index contributed by atoms with van der Waals surface area (Å²) in [7, 11) is 0. The maximum absolute atomic E-state index is 12.2. The van der Waals surface area contributed by atoms with E-state index in [1.54, 1.807) is 48.5 Å². The number of carbonyl (C=O) groups is 2. The summed E-state index contributed by atoms with van der Waals surface area (Å²) < 4.78 is 5.41. The Morgan fingerprint density at radius 1 is 1.12 bits per heavy atom. The number of rotatable bonds is 7. The Hall–Kier alpha value is -3.33. The van der Waals surface area contributed by atoms with Crippen LogP contribution in [0.3, 0.4) is 0 Å². The van der Waals surface area contributed by atoms with E-state index >= 15 is 0 Å². The fourth-order valence-electron chi connectivity index (χ4n) is 2.19. The van der Waals surface area contributed by atoms with Crippen LogP contribution >= 0.6 is 0 Å². The van der Waals surface area contributed by atoms with Gasteiger partial charge in [0.1, 0.15) is 5.75 Å². The van der Waals surface area contributed by atoms with Crippen molar-refractivity contribution in [1.82, 2.24) is 5.32 Å². The Kier molecular flexibility index (Phi) is 6.55. The topological polar surface area (TPSA) is 91.2 Å². The average Bonchev–Trinajstić information content (AvgIpc) is 2.62. The normalized spacial score (nSPS) is 9.76. The predicted octanol–water partition coefficient (Wildman–Crippen LogP) is 2.52. The van der Waals surface area contributed by atoms with Crippen LogP contribution in [0, 0.1) is 11.3 Å². The molecule has 0 saturated carbocycles. The monoisotopic (exact) mass is 337 g/mol. The fraction of sp³-hybridized carbons (Fsp3) is 0.211. The van der Waals surface area contributed by atoms with E-state index < -0.39 is 0 Å². The highest BCUT2D eigenvalue weighted by Gasteiger charge is 2.13. The highest BCUT2D eigenvalue weighted by Crippen LogP contribution is 2.17. The van der Waals surface area contributed by atoms with Gasteiger partial charge in [0.25, 0.3) is 5.91 Å². The molecule has 0 radical (unpaired) electrons. The van der Waals surface area contributed by atoms with Crippen molar-refractivity contribution < 1.29 is 14.3 Å². The molecular formula is C19H19N3O3. The summed E-state index contributed by atoms with van der Waals surface area (Å²) in [5.74, 6) is -0.227. The van der Waals surface area contributed by atoms with Gasteiger partial charge in [0.05, 0.1) is 31.2 Å². The van der Waals surface area contributed by atoms with Crippen LogP contribution in [0.15, 0.2) is 48.5 Å². The lowest BCUT2D eigenvalue weighted by atomic mass is 10.1. The molecule has 2 N–H and O–H groups in total. The molecular weight excluding hydrogens is 318 g/mol. The number of nitrogens with one attached hydrogen (secondary N) is 2. The largest absolute Gasteiger partial charge is 0.493 e. The van der Waals surface area contributed by atoms with E-state index in [-0.39, 0.29) is 18.4 Å². The second-order valence-electron chi connectivity index (χ2n) is 5.19. The molecule has 2 aromatic rings. The molecule has 2 rings (SSSR count). The van der Waals surface area contributed by atoms with Gasteiger partial charge in [-0.15, -0.1) is 0 Å². The fourth-order valence-corrected chi connectivity index (χ4v) is 2.19. The summed E-state index contributed by atoms with van der Waals surface area (Å²) in [5.41, 5.74) is 1.87. The molecule has 0 spiro atoms. The molecule has 0 unspecified atom stereocenters. The first kappa shape index (κ1) is 18.0. The van der Waals surface area contributed by atoms with E-state index in [2.05, 4.69) is 16.7 Å². The number of amides is 2. The van der Waals surface area contributed by atoms with Crippen LogP contribution in [0.2, 0.25) is 0 Å². The van der Waals surface area contributed by atoms with Gasteiger partial charge in [-0.1, -0.05) is 24.3 Å². The van der Waals surface area contributed by atoms with Gasteiger partial charge in [0, 0.05) is 5.69 Å². The zero-order chi connectivity index (χ0) is 18.1. The number of hydrogen-bond acceptors (Lipinski definition) is 4. The molecule has 0 fully saturated rings. The van der Waals surface area contributed by atoms with Crippen LogP contribution in [0.1, 0.15) is 22.8 Å². The van der Waals surface area contributed by atoms with Gasteiger partial charge in [0.15, 0.2) is 0 Å². The van der Waals surface area contributed by atoms with Gasteiger partial charge in [-0.05, 0) is 36.8 Å². The number of nitrogens with zero attached hydrogens (tertiary/aromatic N) is 1. The second kappa shape index (κ2) is 9.08. The standard InChI is InChI=1S/C19H19N3O3/c1-2-25-17-6-4-3-5-16(17)19(24)21-13-18(23)22-15-9-7-14(8-10-15)11-12-20/h3-10H,2,11,13H2,1H3,(H,21,24)(H,22,23). The van der Waals surface area contributed by atoms with Gasteiger partial charge in [0.2, 0.25) is 5.91 Å². The van der Waals surface area contributed by atoms with Gasteiger partial charge in [-0.2, -0.15) is 5.26 Å². The molecule has 0 aliphatic heterocycles. The number of hydrogen-bond donors (Lipinski definition) is 2. The minimum absolute atomic E-state index is 0.154. The molecule has 0 aliphatic rings. The smallest absolute Gasteiger partial charge is 0.255 e. The highest BCUT2D eigenvalue weighted by molar-refractivity contribution is 6.00. The Balaban J connectivity index is 1.89. The van der Waals surface area contributed by atoms with Crippen LogP contribution in [-0.2, 0) is 11.2 Å². The highest BCUT2D eigenvalue weighted by atomic mass is 16.5. The number of para-hydroxylation sites is 1. The van der Waals surface area contributed by atoms with E-state index in [0.29, 0.717) is 30.0 Å². The second-order valence-corrected chi connectivity index (χ2v) is 5.19. The van der Waals surface area contributed by atoms with Gasteiger partial charge in [-0.25, -0.2) is 0 Å². The molecule has 6 nitrogen and oxygen atoms in total. The molecule has 0 bridgehead atoms. The lowest BCUT2D eigenvalue weighted by Gasteiger charge is -2.10. The third-order valence-corrected chi connectivity index (χ3v) is 3.36. The van der Waals surface area contributed by atoms with Crippen molar-refractivity contribution in [1.29, 1.82) is 5.26 Å². The zero-order valence-electron chi connectivity index (χ0n) is 13.9. The maximum atomic E-state index is 12.2. The first-order chi connectivity index (χ1) is 12.1. The molecule has 6 heteroatoms. The van der Waals surface area contributed by atoms with E-state index in [1.807, 2.05) is 6.92 Å². The van der Waals surface area contributed by atoms with E-state index in [1.165, 1.54) is 0 Å². The number of benzene rings is 2. The molecule has 0 aromatic heterocycles.